The van der Waals surface area contributed by atoms with E-state index in [2.05, 4.69) is 21.4 Å². The van der Waals surface area contributed by atoms with E-state index in [9.17, 15) is 15.4 Å². The molecule has 0 radical (unpaired) electrons. The van der Waals surface area contributed by atoms with Gasteiger partial charge >= 0.3 is 5.69 Å². The maximum atomic E-state index is 12.0. The lowest BCUT2D eigenvalue weighted by molar-refractivity contribution is -0.387. The summed E-state index contributed by atoms with van der Waals surface area (Å²) in [5, 5.41) is 26.4. The number of rotatable bonds is 7. The number of aryl methyl sites for hydroxylation is 1. The maximum absolute atomic E-state index is 12.0. The van der Waals surface area contributed by atoms with Crippen molar-refractivity contribution in [3.63, 3.8) is 0 Å². The van der Waals surface area contributed by atoms with Crippen molar-refractivity contribution in [1.29, 1.82) is 5.26 Å². The summed E-state index contributed by atoms with van der Waals surface area (Å²) in [6.07, 6.45) is 1.26. The molecule has 11 heteroatoms. The van der Waals surface area contributed by atoms with Gasteiger partial charge in [-0.25, -0.2) is 9.97 Å². The number of halogens is 3. The molecule has 4 rings (SSSR count). The van der Waals surface area contributed by atoms with Gasteiger partial charge in [-0.3, -0.25) is 10.1 Å². The van der Waals surface area contributed by atoms with Crippen LogP contribution in [0.25, 0.3) is 0 Å². The molecule has 1 atom stereocenters. The molecular weight excluding hydrogens is 541 g/mol. The zero-order valence-corrected chi connectivity index (χ0v) is 21.7. The third-order valence-corrected chi connectivity index (χ3v) is 7.07. The average molecular weight is 557 g/mol. The van der Waals surface area contributed by atoms with Crippen molar-refractivity contribution in [3.05, 3.63) is 109 Å². The first kappa shape index (κ1) is 25.7. The second-order valence-electron chi connectivity index (χ2n) is 7.62. The molecule has 0 saturated carbocycles. The highest BCUT2D eigenvalue weighted by molar-refractivity contribution is 7.99. The van der Waals surface area contributed by atoms with Gasteiger partial charge in [0, 0.05) is 25.7 Å². The Kier molecular flexibility index (Phi) is 7.97. The molecule has 36 heavy (non-hydrogen) atoms. The number of nitro groups is 1. The van der Waals surface area contributed by atoms with Crippen LogP contribution in [0.2, 0.25) is 15.1 Å². The van der Waals surface area contributed by atoms with Gasteiger partial charge < -0.3 is 5.32 Å². The number of aromatic nitrogens is 2. The van der Waals surface area contributed by atoms with Crippen molar-refractivity contribution in [1.82, 2.24) is 9.97 Å². The quantitative estimate of drug-likeness (QED) is 0.139. The summed E-state index contributed by atoms with van der Waals surface area (Å²) in [6, 6.07) is 19.6. The largest absolute Gasteiger partial charge is 0.343 e. The Balaban J connectivity index is 1.68. The zero-order chi connectivity index (χ0) is 25.8. The summed E-state index contributed by atoms with van der Waals surface area (Å²) in [6.45, 7) is 1.81. The minimum atomic E-state index is -0.613. The fraction of sp³-hybridized carbons (Fsp3) is 0.0800. The monoisotopic (exact) mass is 555 g/mol. The summed E-state index contributed by atoms with van der Waals surface area (Å²) >= 11 is 19.6. The molecule has 0 spiro atoms. The number of nitriles is 1. The first-order valence-electron chi connectivity index (χ1n) is 10.4. The Morgan fingerprint density at radius 1 is 1.03 bits per heavy atom. The highest BCUT2D eigenvalue weighted by atomic mass is 35.5. The van der Waals surface area contributed by atoms with Gasteiger partial charge in [-0.05, 0) is 66.1 Å². The van der Waals surface area contributed by atoms with Gasteiger partial charge in [-0.15, -0.1) is 0 Å². The van der Waals surface area contributed by atoms with Gasteiger partial charge in [0.05, 0.1) is 16.9 Å². The summed E-state index contributed by atoms with van der Waals surface area (Å²) in [5.41, 5.74) is 2.33. The Bertz CT molecular complexity index is 1480. The van der Waals surface area contributed by atoms with Crippen molar-refractivity contribution in [2.24, 2.45) is 0 Å². The molecule has 180 valence electrons. The Hall–Kier alpha value is -3.35. The molecule has 0 aliphatic carbocycles. The molecule has 3 aromatic carbocycles. The minimum Gasteiger partial charge on any atom is -0.334 e. The van der Waals surface area contributed by atoms with Crippen LogP contribution < -0.4 is 5.32 Å². The normalized spacial score (nSPS) is 11.5. The number of hydrogen-bond acceptors (Lipinski definition) is 7. The molecule has 1 heterocycles. The van der Waals surface area contributed by atoms with E-state index in [4.69, 9.17) is 34.8 Å². The third kappa shape index (κ3) is 5.72. The van der Waals surface area contributed by atoms with Gasteiger partial charge in [-0.2, -0.15) is 5.26 Å². The van der Waals surface area contributed by atoms with Crippen LogP contribution in [0, 0.1) is 28.4 Å². The number of benzene rings is 3. The minimum absolute atomic E-state index is 0.0212. The number of anilines is 2. The molecule has 0 saturated heterocycles. The maximum Gasteiger partial charge on any atom is 0.343 e. The van der Waals surface area contributed by atoms with E-state index in [1.165, 1.54) is 6.33 Å². The standard InChI is InChI=1S/C25H16Cl3N5O2S/c1-14-10-19(20(12-29)15-2-4-16(26)5-3-15)21(28)11-22(14)32-24-23(33(34)35)25(31-13-30-24)36-18-8-6-17(27)7-9-18/h2-11,13,20H,1H3,(H,30,31,32). The smallest absolute Gasteiger partial charge is 0.334 e. The van der Waals surface area contributed by atoms with Gasteiger partial charge in [0.15, 0.2) is 5.03 Å². The lowest BCUT2D eigenvalue weighted by atomic mass is 9.91. The van der Waals surface area contributed by atoms with Crippen molar-refractivity contribution < 1.29 is 4.92 Å². The van der Waals surface area contributed by atoms with Crippen LogP contribution in [-0.2, 0) is 0 Å². The predicted molar refractivity (Wildman–Crippen MR) is 143 cm³/mol. The Labute approximate surface area is 226 Å². The van der Waals surface area contributed by atoms with Crippen molar-refractivity contribution in [3.8, 4) is 6.07 Å². The van der Waals surface area contributed by atoms with E-state index >= 15 is 0 Å². The molecular formula is C25H16Cl3N5O2S. The molecule has 0 aliphatic heterocycles. The molecule has 7 nitrogen and oxygen atoms in total. The van der Waals surface area contributed by atoms with E-state index in [-0.39, 0.29) is 16.5 Å². The Morgan fingerprint density at radius 3 is 2.28 bits per heavy atom. The van der Waals surface area contributed by atoms with Crippen LogP contribution in [-0.4, -0.2) is 14.9 Å². The molecule has 0 aliphatic rings. The lowest BCUT2D eigenvalue weighted by Gasteiger charge is -2.16. The number of nitrogens with zero attached hydrogens (tertiary/aromatic N) is 4. The Morgan fingerprint density at radius 2 is 1.67 bits per heavy atom. The van der Waals surface area contributed by atoms with Gasteiger partial charge in [0.2, 0.25) is 5.82 Å². The summed E-state index contributed by atoms with van der Waals surface area (Å²) in [4.78, 5) is 20.4. The van der Waals surface area contributed by atoms with E-state index in [0.29, 0.717) is 26.3 Å². The van der Waals surface area contributed by atoms with Crippen molar-refractivity contribution in [2.75, 3.05) is 5.32 Å². The van der Waals surface area contributed by atoms with Crippen molar-refractivity contribution in [2.45, 2.75) is 22.8 Å². The second-order valence-corrected chi connectivity index (χ2v) is 9.96. The first-order chi connectivity index (χ1) is 17.3. The average Bonchev–Trinajstić information content (AvgIpc) is 2.85. The predicted octanol–water partition coefficient (Wildman–Crippen LogP) is 8.20. The van der Waals surface area contributed by atoms with Crippen LogP contribution in [0.15, 0.2) is 76.9 Å². The SMILES string of the molecule is Cc1cc(C(C#N)c2ccc(Cl)cc2)c(Cl)cc1Nc1ncnc(Sc2ccc(Cl)cc2)c1[N+](=O)[O-]. The van der Waals surface area contributed by atoms with E-state index in [1.807, 2.05) is 6.92 Å². The van der Waals surface area contributed by atoms with Crippen LogP contribution in [0.3, 0.4) is 0 Å². The number of hydrogen-bond donors (Lipinski definition) is 1. The van der Waals surface area contributed by atoms with Crippen LogP contribution >= 0.6 is 46.6 Å². The van der Waals surface area contributed by atoms with Gasteiger partial charge in [-0.1, -0.05) is 64.8 Å². The van der Waals surface area contributed by atoms with Gasteiger partial charge in [0.25, 0.3) is 0 Å². The molecule has 0 fully saturated rings. The van der Waals surface area contributed by atoms with Gasteiger partial charge in [0.1, 0.15) is 6.33 Å². The highest BCUT2D eigenvalue weighted by Gasteiger charge is 2.25. The molecule has 1 aromatic heterocycles. The fourth-order valence-corrected chi connectivity index (χ4v) is 4.86. The van der Waals surface area contributed by atoms with Crippen LogP contribution in [0.5, 0.6) is 0 Å². The molecule has 4 aromatic rings. The van der Waals surface area contributed by atoms with E-state index < -0.39 is 10.8 Å². The first-order valence-corrected chi connectivity index (χ1v) is 12.4. The lowest BCUT2D eigenvalue weighted by Crippen LogP contribution is -2.05. The summed E-state index contributed by atoms with van der Waals surface area (Å²) in [5.74, 6) is -0.591. The van der Waals surface area contributed by atoms with Crippen LogP contribution in [0.4, 0.5) is 17.2 Å². The third-order valence-electron chi connectivity index (χ3n) is 5.24. The van der Waals surface area contributed by atoms with E-state index in [1.54, 1.807) is 60.7 Å². The number of nitrogens with one attached hydrogen (secondary N) is 1. The van der Waals surface area contributed by atoms with E-state index in [0.717, 1.165) is 27.8 Å². The fourth-order valence-electron chi connectivity index (χ4n) is 3.47. The molecule has 0 bridgehead atoms. The van der Waals surface area contributed by atoms with Crippen molar-refractivity contribution >= 4 is 63.8 Å². The summed E-state index contributed by atoms with van der Waals surface area (Å²) in [7, 11) is 0. The highest BCUT2D eigenvalue weighted by Crippen LogP contribution is 2.40. The van der Waals surface area contributed by atoms with Crippen LogP contribution in [0.1, 0.15) is 22.6 Å². The molecule has 1 unspecified atom stereocenters. The topological polar surface area (TPSA) is 105 Å². The molecule has 1 N–H and O–H groups in total. The summed E-state index contributed by atoms with van der Waals surface area (Å²) < 4.78 is 0. The zero-order valence-electron chi connectivity index (χ0n) is 18.6. The second kappa shape index (κ2) is 11.1. The molecule has 0 amide bonds.